The van der Waals surface area contributed by atoms with Gasteiger partial charge in [-0.3, -0.25) is 4.68 Å². The zero-order valence-electron chi connectivity index (χ0n) is 10.0. The highest BCUT2D eigenvalue weighted by molar-refractivity contribution is 5.08. The van der Waals surface area contributed by atoms with E-state index in [0.717, 1.165) is 25.3 Å². The Morgan fingerprint density at radius 1 is 1.53 bits per heavy atom. The number of nitrogens with zero attached hydrogens (tertiary/aromatic N) is 2. The van der Waals surface area contributed by atoms with E-state index in [2.05, 4.69) is 41.9 Å². The second-order valence-electron chi connectivity index (χ2n) is 5.01. The molecule has 3 heteroatoms. The Morgan fingerprint density at radius 3 is 2.87 bits per heavy atom. The van der Waals surface area contributed by atoms with Crippen molar-refractivity contribution in [2.45, 2.75) is 46.7 Å². The number of hydrogen-bond donors (Lipinski definition) is 1. The Morgan fingerprint density at radius 2 is 2.27 bits per heavy atom. The molecule has 1 aromatic heterocycles. The van der Waals surface area contributed by atoms with Crippen molar-refractivity contribution in [3.05, 3.63) is 17.5 Å². The normalized spacial score (nSPS) is 18.1. The van der Waals surface area contributed by atoms with Gasteiger partial charge in [-0.1, -0.05) is 6.92 Å². The lowest BCUT2D eigenvalue weighted by molar-refractivity contribution is 0.485. The van der Waals surface area contributed by atoms with Crippen LogP contribution in [0.25, 0.3) is 0 Å². The highest BCUT2D eigenvalue weighted by Crippen LogP contribution is 2.44. The van der Waals surface area contributed by atoms with E-state index in [1.807, 2.05) is 0 Å². The summed E-state index contributed by atoms with van der Waals surface area (Å²) >= 11 is 0. The van der Waals surface area contributed by atoms with Gasteiger partial charge in [0.2, 0.25) is 0 Å². The van der Waals surface area contributed by atoms with Crippen LogP contribution >= 0.6 is 0 Å². The maximum atomic E-state index is 4.44. The summed E-state index contributed by atoms with van der Waals surface area (Å²) in [5, 5.41) is 7.97. The minimum Gasteiger partial charge on any atom is -0.311 e. The van der Waals surface area contributed by atoms with Gasteiger partial charge in [0, 0.05) is 19.6 Å². The van der Waals surface area contributed by atoms with Crippen LogP contribution in [0.5, 0.6) is 0 Å². The number of nitrogens with one attached hydrogen (secondary N) is 1. The van der Waals surface area contributed by atoms with Gasteiger partial charge in [0.25, 0.3) is 0 Å². The molecule has 1 aromatic rings. The van der Waals surface area contributed by atoms with Gasteiger partial charge in [0.15, 0.2) is 0 Å². The largest absolute Gasteiger partial charge is 0.311 e. The van der Waals surface area contributed by atoms with Crippen molar-refractivity contribution < 1.29 is 0 Å². The predicted octanol–water partition coefficient (Wildman–Crippen LogP) is 2.10. The second kappa shape index (κ2) is 3.97. The number of aryl methyl sites for hydroxylation is 2. The molecule has 0 spiro atoms. The third kappa shape index (κ3) is 2.59. The van der Waals surface area contributed by atoms with Crippen LogP contribution in [0.15, 0.2) is 6.07 Å². The molecule has 0 saturated heterocycles. The Balaban J connectivity index is 1.86. The van der Waals surface area contributed by atoms with Gasteiger partial charge in [-0.2, -0.15) is 5.10 Å². The second-order valence-corrected chi connectivity index (χ2v) is 5.01. The van der Waals surface area contributed by atoms with Crippen molar-refractivity contribution in [2.24, 2.45) is 5.41 Å². The maximum Gasteiger partial charge on any atom is 0.0597 e. The summed E-state index contributed by atoms with van der Waals surface area (Å²) in [5.41, 5.74) is 3.01. The van der Waals surface area contributed by atoms with Gasteiger partial charge >= 0.3 is 0 Å². The molecule has 1 aliphatic rings. The zero-order valence-corrected chi connectivity index (χ0v) is 10.0. The van der Waals surface area contributed by atoms with Gasteiger partial charge in [0.1, 0.15) is 0 Å². The lowest BCUT2D eigenvalue weighted by Gasteiger charge is -2.10. The van der Waals surface area contributed by atoms with E-state index >= 15 is 0 Å². The summed E-state index contributed by atoms with van der Waals surface area (Å²) in [6, 6.07) is 2.17. The third-order valence-electron chi connectivity index (χ3n) is 3.25. The molecule has 1 saturated carbocycles. The molecule has 84 valence electrons. The van der Waals surface area contributed by atoms with Crippen molar-refractivity contribution in [3.8, 4) is 0 Å². The van der Waals surface area contributed by atoms with Crippen molar-refractivity contribution in [3.63, 3.8) is 0 Å². The molecule has 0 radical (unpaired) electrons. The van der Waals surface area contributed by atoms with E-state index in [1.165, 1.54) is 18.5 Å². The fourth-order valence-electron chi connectivity index (χ4n) is 1.90. The molecule has 0 aromatic carbocycles. The van der Waals surface area contributed by atoms with Gasteiger partial charge < -0.3 is 5.32 Å². The summed E-state index contributed by atoms with van der Waals surface area (Å²) in [6.07, 6.45) is 2.76. The highest BCUT2D eigenvalue weighted by atomic mass is 15.3. The molecule has 0 amide bonds. The first-order valence-corrected chi connectivity index (χ1v) is 5.87. The lowest BCUT2D eigenvalue weighted by Crippen LogP contribution is -2.23. The summed E-state index contributed by atoms with van der Waals surface area (Å²) in [4.78, 5) is 0. The SMILES string of the molecule is CCn1nc(C)cc1CNCC1(C)CC1. The monoisotopic (exact) mass is 207 g/mol. The van der Waals surface area contributed by atoms with Crippen molar-refractivity contribution in [1.29, 1.82) is 0 Å². The number of rotatable bonds is 5. The molecular weight excluding hydrogens is 186 g/mol. The minimum absolute atomic E-state index is 0.589. The summed E-state index contributed by atoms with van der Waals surface area (Å²) < 4.78 is 2.08. The lowest BCUT2D eigenvalue weighted by atomic mass is 10.1. The van der Waals surface area contributed by atoms with E-state index in [-0.39, 0.29) is 0 Å². The van der Waals surface area contributed by atoms with Gasteiger partial charge in [-0.15, -0.1) is 0 Å². The Hall–Kier alpha value is -0.830. The van der Waals surface area contributed by atoms with Gasteiger partial charge in [0.05, 0.1) is 11.4 Å². The van der Waals surface area contributed by atoms with Crippen LogP contribution in [0, 0.1) is 12.3 Å². The van der Waals surface area contributed by atoms with Crippen LogP contribution in [0.4, 0.5) is 0 Å². The quantitative estimate of drug-likeness (QED) is 0.801. The molecule has 1 aliphatic carbocycles. The topological polar surface area (TPSA) is 29.9 Å². The molecule has 1 heterocycles. The first-order valence-electron chi connectivity index (χ1n) is 5.87. The Bertz CT molecular complexity index is 337. The van der Waals surface area contributed by atoms with E-state index in [4.69, 9.17) is 0 Å². The number of hydrogen-bond acceptors (Lipinski definition) is 2. The molecule has 0 unspecified atom stereocenters. The molecule has 1 N–H and O–H groups in total. The smallest absolute Gasteiger partial charge is 0.0597 e. The first kappa shape index (κ1) is 10.7. The van der Waals surface area contributed by atoms with Crippen LogP contribution in [0.2, 0.25) is 0 Å². The maximum absolute atomic E-state index is 4.44. The fraction of sp³-hybridized carbons (Fsp3) is 0.750. The fourth-order valence-corrected chi connectivity index (χ4v) is 1.90. The van der Waals surface area contributed by atoms with Crippen molar-refractivity contribution >= 4 is 0 Å². The number of aromatic nitrogens is 2. The summed E-state index contributed by atoms with van der Waals surface area (Å²) in [7, 11) is 0. The van der Waals surface area contributed by atoms with E-state index < -0.39 is 0 Å². The molecule has 15 heavy (non-hydrogen) atoms. The molecule has 0 atom stereocenters. The summed E-state index contributed by atoms with van der Waals surface area (Å²) in [5.74, 6) is 0. The predicted molar refractivity (Wildman–Crippen MR) is 61.7 cm³/mol. The van der Waals surface area contributed by atoms with Crippen LogP contribution in [-0.4, -0.2) is 16.3 Å². The molecule has 0 bridgehead atoms. The Kier molecular flexibility index (Phi) is 2.83. The van der Waals surface area contributed by atoms with Crippen molar-refractivity contribution in [1.82, 2.24) is 15.1 Å². The third-order valence-corrected chi connectivity index (χ3v) is 3.25. The molecule has 1 fully saturated rings. The van der Waals surface area contributed by atoms with Crippen LogP contribution < -0.4 is 5.32 Å². The average Bonchev–Trinajstić information content (AvgIpc) is 2.80. The Labute approximate surface area is 91.9 Å². The summed E-state index contributed by atoms with van der Waals surface area (Å²) in [6.45, 7) is 9.59. The molecular formula is C12H21N3. The van der Waals surface area contributed by atoms with Crippen LogP contribution in [-0.2, 0) is 13.1 Å². The standard InChI is InChI=1S/C12H21N3/c1-4-15-11(7-10(2)14-15)8-13-9-12(3)5-6-12/h7,13H,4-6,8-9H2,1-3H3. The molecule has 2 rings (SSSR count). The van der Waals surface area contributed by atoms with Crippen LogP contribution in [0.1, 0.15) is 38.1 Å². The highest BCUT2D eigenvalue weighted by Gasteiger charge is 2.36. The first-order chi connectivity index (χ1) is 7.13. The molecule has 3 nitrogen and oxygen atoms in total. The van der Waals surface area contributed by atoms with E-state index in [0.29, 0.717) is 5.41 Å². The minimum atomic E-state index is 0.589. The zero-order chi connectivity index (χ0) is 10.9. The van der Waals surface area contributed by atoms with Crippen LogP contribution in [0.3, 0.4) is 0 Å². The van der Waals surface area contributed by atoms with Gasteiger partial charge in [-0.05, 0) is 38.2 Å². The van der Waals surface area contributed by atoms with Gasteiger partial charge in [-0.25, -0.2) is 0 Å². The van der Waals surface area contributed by atoms with E-state index in [1.54, 1.807) is 0 Å². The molecule has 0 aliphatic heterocycles. The van der Waals surface area contributed by atoms with E-state index in [9.17, 15) is 0 Å². The van der Waals surface area contributed by atoms with Crippen molar-refractivity contribution in [2.75, 3.05) is 6.54 Å². The average molecular weight is 207 g/mol.